The number of esters is 1. The quantitative estimate of drug-likeness (QED) is 0.279. The maximum atomic E-state index is 13.6. The zero-order valence-corrected chi connectivity index (χ0v) is 23.9. The number of hydrogen-bond acceptors (Lipinski definition) is 11. The fourth-order valence-electron chi connectivity index (χ4n) is 5.43. The summed E-state index contributed by atoms with van der Waals surface area (Å²) in [5.74, 6) is -4.87. The Labute approximate surface area is 243 Å². The van der Waals surface area contributed by atoms with Gasteiger partial charge in [0.05, 0.1) is 31.7 Å². The van der Waals surface area contributed by atoms with Crippen LogP contribution in [0.5, 0.6) is 0 Å². The maximum absolute atomic E-state index is 13.6. The minimum atomic E-state index is -3.13. The van der Waals surface area contributed by atoms with E-state index in [4.69, 9.17) is 14.0 Å². The zero-order valence-electron chi connectivity index (χ0n) is 23.9. The Morgan fingerprint density at radius 2 is 1.79 bits per heavy atom. The number of carbonyl (C=O) groups is 5. The molecule has 2 saturated heterocycles. The number of ketones is 1. The van der Waals surface area contributed by atoms with Gasteiger partial charge in [0.25, 0.3) is 17.8 Å². The molecule has 2 unspecified atom stereocenters. The molecule has 12 nitrogen and oxygen atoms in total. The first-order chi connectivity index (χ1) is 19.9. The van der Waals surface area contributed by atoms with Gasteiger partial charge in [-0.05, 0) is 31.4 Å². The first-order valence-electron chi connectivity index (χ1n) is 13.8. The zero-order chi connectivity index (χ0) is 30.7. The van der Waals surface area contributed by atoms with Crippen molar-refractivity contribution in [3.63, 3.8) is 0 Å². The number of fused-ring (bicyclic) bond motifs is 2. The second kappa shape index (κ2) is 12.4. The number of hydrogen-bond donors (Lipinski definition) is 2. The van der Waals surface area contributed by atoms with Crippen LogP contribution < -0.4 is 5.32 Å². The molecule has 2 N–H and O–H groups in total. The lowest BCUT2D eigenvalue weighted by molar-refractivity contribution is -0.161. The summed E-state index contributed by atoms with van der Waals surface area (Å²) in [5, 5.41) is 13.1. The molecule has 5 atom stereocenters. The highest BCUT2D eigenvalue weighted by atomic mass is 16.8. The summed E-state index contributed by atoms with van der Waals surface area (Å²) in [6.07, 6.45) is -2.57. The van der Waals surface area contributed by atoms with E-state index in [0.29, 0.717) is 5.69 Å². The average molecular weight is 581 g/mol. The SMILES string of the molecule is COC(=O)C[C@]12CC(=O)O[B-](C(CC(=O)[C@@H](NC(=O)c3cccc(-c4ccccc4)n3)[C@@H](C)O)CC(C)C)(OC1=O)O2. The Bertz CT molecular complexity index is 1370. The van der Waals surface area contributed by atoms with Crippen LogP contribution in [0.3, 0.4) is 0 Å². The number of pyridine rings is 1. The van der Waals surface area contributed by atoms with E-state index in [2.05, 4.69) is 15.0 Å². The van der Waals surface area contributed by atoms with Crippen LogP contribution in [-0.4, -0.2) is 71.3 Å². The summed E-state index contributed by atoms with van der Waals surface area (Å²) < 4.78 is 21.7. The molecule has 1 aromatic carbocycles. The largest absolute Gasteiger partial charge is 0.633 e. The summed E-state index contributed by atoms with van der Waals surface area (Å²) in [5.41, 5.74) is -0.534. The van der Waals surface area contributed by atoms with Crippen molar-refractivity contribution in [2.24, 2.45) is 5.92 Å². The molecule has 2 bridgehead atoms. The highest BCUT2D eigenvalue weighted by Gasteiger charge is 2.64. The van der Waals surface area contributed by atoms with Gasteiger partial charge in [-0.15, -0.1) is 0 Å². The minimum Gasteiger partial charge on any atom is -0.633 e. The summed E-state index contributed by atoms with van der Waals surface area (Å²) in [6, 6.07) is 12.8. The van der Waals surface area contributed by atoms with Crippen LogP contribution >= 0.6 is 0 Å². The molecule has 2 aliphatic rings. The standard InChI is InChI=1S/C29H34BN2O10/c1-17(2)13-20(30-40-25(36)16-29(42-30,28(38)41-30)15-24(35)39-4)14-23(34)26(18(3)33)32-27(37)22-12-8-11-21(31-22)19-9-6-5-7-10-19/h5-12,17-18,20,26,33H,13-16H2,1-4H3,(H,32,37)/q-1/t18-,20?,26+,29+,30?/m1/s1. The Kier molecular flexibility index (Phi) is 9.12. The first kappa shape index (κ1) is 30.9. The van der Waals surface area contributed by atoms with E-state index in [0.717, 1.165) is 12.7 Å². The lowest BCUT2D eigenvalue weighted by atomic mass is 9.57. The van der Waals surface area contributed by atoms with Gasteiger partial charge in [0.15, 0.2) is 5.78 Å². The van der Waals surface area contributed by atoms with Crippen LogP contribution in [0, 0.1) is 5.92 Å². The molecule has 0 aliphatic carbocycles. The van der Waals surface area contributed by atoms with Crippen molar-refractivity contribution in [2.45, 2.75) is 70.0 Å². The molecular weight excluding hydrogens is 547 g/mol. The molecule has 2 aromatic rings. The first-order valence-corrected chi connectivity index (χ1v) is 13.8. The molecular formula is C29H34BN2O10-. The summed E-state index contributed by atoms with van der Waals surface area (Å²) in [6.45, 7) is 1.93. The summed E-state index contributed by atoms with van der Waals surface area (Å²) in [7, 11) is 1.14. The number of aliphatic hydroxyl groups is 1. The lowest BCUT2D eigenvalue weighted by Gasteiger charge is -2.46. The topological polar surface area (TPSA) is 167 Å². The highest BCUT2D eigenvalue weighted by Crippen LogP contribution is 2.48. The van der Waals surface area contributed by atoms with E-state index < -0.39 is 72.8 Å². The number of benzene rings is 1. The molecule has 0 spiro atoms. The van der Waals surface area contributed by atoms with Crippen molar-refractivity contribution in [1.29, 1.82) is 0 Å². The van der Waals surface area contributed by atoms with Crippen molar-refractivity contribution >= 4 is 36.4 Å². The maximum Gasteiger partial charge on any atom is 0.499 e. The summed E-state index contributed by atoms with van der Waals surface area (Å²) in [4.78, 5) is 68.8. The normalized spacial score (nSPS) is 23.4. The molecule has 13 heteroatoms. The molecule has 3 heterocycles. The van der Waals surface area contributed by atoms with E-state index >= 15 is 0 Å². The number of methoxy groups -OCH3 is 1. The van der Waals surface area contributed by atoms with Gasteiger partial charge in [0.1, 0.15) is 17.3 Å². The van der Waals surface area contributed by atoms with Crippen LogP contribution in [0.1, 0.15) is 56.9 Å². The van der Waals surface area contributed by atoms with E-state index in [1.165, 1.54) is 13.0 Å². The fourth-order valence-corrected chi connectivity index (χ4v) is 5.43. The Morgan fingerprint density at radius 3 is 2.43 bits per heavy atom. The molecule has 0 radical (unpaired) electrons. The van der Waals surface area contributed by atoms with Gasteiger partial charge in [0.2, 0.25) is 0 Å². The number of aromatic nitrogens is 1. The van der Waals surface area contributed by atoms with E-state index in [1.807, 2.05) is 44.2 Å². The molecule has 4 rings (SSSR count). The van der Waals surface area contributed by atoms with Crippen LogP contribution in [0.25, 0.3) is 11.3 Å². The number of nitrogens with one attached hydrogen (secondary N) is 1. The second-order valence-electron chi connectivity index (χ2n) is 11.2. The van der Waals surface area contributed by atoms with Gasteiger partial charge < -0.3 is 29.1 Å². The number of aliphatic hydroxyl groups excluding tert-OH is 1. The molecule has 0 saturated carbocycles. The molecule has 1 aromatic heterocycles. The number of rotatable bonds is 12. The van der Waals surface area contributed by atoms with Crippen LogP contribution in [0.4, 0.5) is 0 Å². The average Bonchev–Trinajstić information content (AvgIpc) is 3.15. The van der Waals surface area contributed by atoms with E-state index in [1.54, 1.807) is 12.1 Å². The number of amides is 1. The number of carbonyl (C=O) groups excluding carboxylic acids is 5. The lowest BCUT2D eigenvalue weighted by Crippen LogP contribution is -2.56. The number of ether oxygens (including phenoxy) is 1. The molecule has 1 amide bonds. The van der Waals surface area contributed by atoms with Gasteiger partial charge in [-0.3, -0.25) is 24.0 Å². The van der Waals surface area contributed by atoms with Crippen molar-refractivity contribution in [3.8, 4) is 11.3 Å². The molecule has 42 heavy (non-hydrogen) atoms. The van der Waals surface area contributed by atoms with Gasteiger partial charge in [0, 0.05) is 5.56 Å². The third kappa shape index (κ3) is 6.52. The molecule has 2 fully saturated rings. The number of Topliss-reactive ketones (excluding diaryl/α,β-unsaturated/α-hetero) is 1. The van der Waals surface area contributed by atoms with Crippen molar-refractivity contribution < 1.29 is 47.8 Å². The highest BCUT2D eigenvalue weighted by molar-refractivity contribution is 6.68. The number of nitrogens with zero attached hydrogens (tertiary/aromatic N) is 1. The molecule has 2 aliphatic heterocycles. The second-order valence-corrected chi connectivity index (χ2v) is 11.2. The third-order valence-electron chi connectivity index (χ3n) is 7.40. The van der Waals surface area contributed by atoms with Crippen molar-refractivity contribution in [2.75, 3.05) is 7.11 Å². The fraction of sp³-hybridized carbons (Fsp3) is 0.448. The van der Waals surface area contributed by atoms with Crippen LogP contribution in [-0.2, 0) is 37.9 Å². The molecule has 224 valence electrons. The Balaban J connectivity index is 1.56. The monoisotopic (exact) mass is 581 g/mol. The van der Waals surface area contributed by atoms with Crippen LogP contribution in [0.2, 0.25) is 5.82 Å². The predicted molar refractivity (Wildman–Crippen MR) is 148 cm³/mol. The third-order valence-corrected chi connectivity index (χ3v) is 7.40. The predicted octanol–water partition coefficient (Wildman–Crippen LogP) is 2.36. The van der Waals surface area contributed by atoms with Gasteiger partial charge in [-0.25, -0.2) is 4.98 Å². The summed E-state index contributed by atoms with van der Waals surface area (Å²) >= 11 is 0. The van der Waals surface area contributed by atoms with Crippen molar-refractivity contribution in [1.82, 2.24) is 10.3 Å². The minimum absolute atomic E-state index is 0.0400. The van der Waals surface area contributed by atoms with Gasteiger partial charge in [-0.1, -0.05) is 62.5 Å². The Morgan fingerprint density at radius 1 is 1.07 bits per heavy atom. The van der Waals surface area contributed by atoms with Crippen molar-refractivity contribution in [3.05, 3.63) is 54.2 Å². The van der Waals surface area contributed by atoms with Gasteiger partial charge >= 0.3 is 12.7 Å². The Hall–Kier alpha value is -4.10. The van der Waals surface area contributed by atoms with E-state index in [-0.39, 0.29) is 24.5 Å². The smallest absolute Gasteiger partial charge is 0.499 e. The van der Waals surface area contributed by atoms with E-state index in [9.17, 15) is 29.1 Å². The van der Waals surface area contributed by atoms with Gasteiger partial charge in [-0.2, -0.15) is 0 Å². The van der Waals surface area contributed by atoms with Crippen LogP contribution in [0.15, 0.2) is 48.5 Å².